The number of unbranched alkanes of at least 4 members (excludes halogenated alkanes) is 3. The Balaban J connectivity index is 1.22. The first-order valence-electron chi connectivity index (χ1n) is 17.4. The van der Waals surface area contributed by atoms with Crippen molar-refractivity contribution in [2.75, 3.05) is 26.4 Å². The van der Waals surface area contributed by atoms with E-state index in [2.05, 4.69) is 40.7 Å². The van der Waals surface area contributed by atoms with E-state index in [4.69, 9.17) is 14.6 Å². The van der Waals surface area contributed by atoms with E-state index in [1.54, 1.807) is 5.57 Å². The van der Waals surface area contributed by atoms with Crippen LogP contribution in [0.3, 0.4) is 0 Å². The molecule has 40 heavy (non-hydrogen) atoms. The highest BCUT2D eigenvalue weighted by Crippen LogP contribution is 2.67. The smallest absolute Gasteiger partial charge is 0.100 e. The third kappa shape index (κ3) is 7.56. The van der Waals surface area contributed by atoms with Crippen molar-refractivity contribution >= 4 is 0 Å². The summed E-state index contributed by atoms with van der Waals surface area (Å²) in [4.78, 5) is 0. The lowest BCUT2D eigenvalue weighted by atomic mass is 9.47. The first-order valence-corrected chi connectivity index (χ1v) is 17.4. The molecule has 0 heterocycles. The number of hydrogen-bond donors (Lipinski definition) is 2. The Labute approximate surface area is 247 Å². The van der Waals surface area contributed by atoms with Crippen LogP contribution in [0.25, 0.3) is 0 Å². The number of aliphatic hydroxyl groups excluding tert-OH is 2. The van der Waals surface area contributed by atoms with Gasteiger partial charge in [-0.2, -0.15) is 0 Å². The van der Waals surface area contributed by atoms with Crippen LogP contribution in [0.2, 0.25) is 0 Å². The third-order valence-electron chi connectivity index (χ3n) is 12.3. The molecular formula is C36H64O4. The minimum Gasteiger partial charge on any atom is -0.394 e. The van der Waals surface area contributed by atoms with Gasteiger partial charge in [0.15, 0.2) is 0 Å². The molecule has 0 aromatic carbocycles. The first kappa shape index (κ1) is 32.5. The van der Waals surface area contributed by atoms with Crippen LogP contribution in [-0.2, 0) is 9.47 Å². The molecule has 0 amide bonds. The maximum atomic E-state index is 9.31. The van der Waals surface area contributed by atoms with Crippen LogP contribution in [0.4, 0.5) is 0 Å². The average molecular weight is 561 g/mol. The van der Waals surface area contributed by atoms with Gasteiger partial charge in [0, 0.05) is 13.2 Å². The molecular weight excluding hydrogens is 496 g/mol. The highest BCUT2D eigenvalue weighted by molar-refractivity contribution is 5.25. The van der Waals surface area contributed by atoms with E-state index >= 15 is 0 Å². The average Bonchev–Trinajstić information content (AvgIpc) is 3.29. The Kier molecular flexibility index (Phi) is 12.1. The van der Waals surface area contributed by atoms with E-state index in [0.29, 0.717) is 23.5 Å². The summed E-state index contributed by atoms with van der Waals surface area (Å²) in [5.74, 6) is 5.42. The second-order valence-electron chi connectivity index (χ2n) is 15.4. The molecule has 0 aromatic heterocycles. The molecule has 3 saturated carbocycles. The highest BCUT2D eigenvalue weighted by Gasteiger charge is 2.59. The van der Waals surface area contributed by atoms with Gasteiger partial charge in [-0.25, -0.2) is 0 Å². The summed E-state index contributed by atoms with van der Waals surface area (Å²) < 4.78 is 11.8. The van der Waals surface area contributed by atoms with Crippen molar-refractivity contribution in [1.29, 1.82) is 0 Å². The van der Waals surface area contributed by atoms with Crippen molar-refractivity contribution in [3.63, 3.8) is 0 Å². The topological polar surface area (TPSA) is 58.9 Å². The molecule has 9 atom stereocenters. The summed E-state index contributed by atoms with van der Waals surface area (Å²) in [7, 11) is 0. The largest absolute Gasteiger partial charge is 0.394 e. The van der Waals surface area contributed by atoms with E-state index in [1.165, 1.54) is 70.6 Å². The maximum Gasteiger partial charge on any atom is 0.100 e. The van der Waals surface area contributed by atoms with Gasteiger partial charge >= 0.3 is 0 Å². The Hall–Kier alpha value is -0.420. The fraction of sp³-hybridized carbons (Fsp3) is 0.944. The molecule has 232 valence electrons. The third-order valence-corrected chi connectivity index (χ3v) is 12.3. The fourth-order valence-corrected chi connectivity index (χ4v) is 9.98. The van der Waals surface area contributed by atoms with Crippen molar-refractivity contribution in [1.82, 2.24) is 0 Å². The molecule has 4 aliphatic carbocycles. The van der Waals surface area contributed by atoms with E-state index in [-0.39, 0.29) is 13.2 Å². The number of allylic oxidation sites excluding steroid dienone is 1. The Bertz CT molecular complexity index is 794. The lowest BCUT2D eigenvalue weighted by Gasteiger charge is -2.58. The molecule has 4 rings (SSSR count). The van der Waals surface area contributed by atoms with Gasteiger partial charge in [-0.3, -0.25) is 0 Å². The number of hydrogen-bond acceptors (Lipinski definition) is 4. The Morgan fingerprint density at radius 2 is 1.68 bits per heavy atom. The zero-order valence-corrected chi connectivity index (χ0v) is 26.8. The number of fused-ring (bicyclic) bond motifs is 5. The molecule has 4 aliphatic rings. The predicted octanol–water partition coefficient (Wildman–Crippen LogP) is 8.34. The summed E-state index contributed by atoms with van der Waals surface area (Å²) in [6.45, 7) is 14.2. The van der Waals surface area contributed by atoms with Crippen LogP contribution < -0.4 is 0 Å². The van der Waals surface area contributed by atoms with Crippen molar-refractivity contribution in [3.8, 4) is 0 Å². The fourth-order valence-electron chi connectivity index (χ4n) is 9.98. The molecule has 3 fully saturated rings. The second-order valence-corrected chi connectivity index (χ2v) is 15.4. The normalized spacial score (nSPS) is 37.0. The molecule has 5 unspecified atom stereocenters. The Morgan fingerprint density at radius 1 is 0.900 bits per heavy atom. The summed E-state index contributed by atoms with van der Waals surface area (Å²) in [5.41, 5.74) is 2.73. The van der Waals surface area contributed by atoms with Gasteiger partial charge in [0.2, 0.25) is 0 Å². The van der Waals surface area contributed by atoms with Crippen LogP contribution in [0.5, 0.6) is 0 Å². The number of rotatable bonds is 16. The van der Waals surface area contributed by atoms with Crippen molar-refractivity contribution < 1.29 is 19.7 Å². The van der Waals surface area contributed by atoms with Crippen molar-refractivity contribution in [2.45, 2.75) is 143 Å². The minimum absolute atomic E-state index is 0.228. The standard InChI is InChI=1S/C36H64O4/c1-26(2)11-10-12-27(3)32-15-16-33-31-14-13-28-23-30(17-19-35(28,4)34(31)18-20-36(32,33)5)40-22-9-7-6-8-21-39-25-29(38)24-37/h13,26-27,29-34,37-38H,6-12,14-25H2,1-5H3/t27-,29?,30?,31?,32-,33?,34?,35+,36-/m1/s1. The molecule has 0 aliphatic heterocycles. The Morgan fingerprint density at radius 3 is 2.42 bits per heavy atom. The zero-order chi connectivity index (χ0) is 28.8. The molecule has 2 N–H and O–H groups in total. The quantitative estimate of drug-likeness (QED) is 0.147. The van der Waals surface area contributed by atoms with Crippen LogP contribution in [-0.4, -0.2) is 48.8 Å². The van der Waals surface area contributed by atoms with Crippen LogP contribution in [0.15, 0.2) is 11.6 Å². The summed E-state index contributed by atoms with van der Waals surface area (Å²) in [6, 6.07) is 0. The molecule has 0 bridgehead atoms. The highest BCUT2D eigenvalue weighted by atomic mass is 16.5. The number of ether oxygens (including phenoxy) is 2. The lowest BCUT2D eigenvalue weighted by molar-refractivity contribution is -0.0641. The molecule has 0 radical (unpaired) electrons. The van der Waals surface area contributed by atoms with Crippen LogP contribution >= 0.6 is 0 Å². The van der Waals surface area contributed by atoms with E-state index in [1.807, 2.05) is 0 Å². The second kappa shape index (κ2) is 14.8. The van der Waals surface area contributed by atoms with Gasteiger partial charge in [0.1, 0.15) is 6.10 Å². The predicted molar refractivity (Wildman–Crippen MR) is 165 cm³/mol. The van der Waals surface area contributed by atoms with Gasteiger partial charge in [0.25, 0.3) is 0 Å². The van der Waals surface area contributed by atoms with Gasteiger partial charge in [-0.15, -0.1) is 0 Å². The summed E-state index contributed by atoms with van der Waals surface area (Å²) in [6.07, 6.45) is 22.0. The molecule has 0 saturated heterocycles. The van der Waals surface area contributed by atoms with E-state index in [9.17, 15) is 5.11 Å². The zero-order valence-electron chi connectivity index (χ0n) is 26.8. The maximum absolute atomic E-state index is 9.31. The number of aliphatic hydroxyl groups is 2. The van der Waals surface area contributed by atoms with E-state index < -0.39 is 6.10 Å². The van der Waals surface area contributed by atoms with E-state index in [0.717, 1.165) is 67.8 Å². The molecule has 0 aromatic rings. The molecule has 4 heteroatoms. The summed E-state index contributed by atoms with van der Waals surface area (Å²) in [5, 5.41) is 18.1. The monoisotopic (exact) mass is 560 g/mol. The lowest BCUT2D eigenvalue weighted by Crippen LogP contribution is -2.51. The van der Waals surface area contributed by atoms with Gasteiger partial charge < -0.3 is 19.7 Å². The first-order chi connectivity index (χ1) is 19.2. The SMILES string of the molecule is CC(C)CCC[C@@H](C)[C@H]1CCC2C3CC=C4CC(OCCCCCCOCC(O)CO)CC[C@]4(C)C3CC[C@@]21C. The molecule has 4 nitrogen and oxygen atoms in total. The van der Waals surface area contributed by atoms with Crippen molar-refractivity contribution in [3.05, 3.63) is 11.6 Å². The van der Waals surface area contributed by atoms with Crippen LogP contribution in [0.1, 0.15) is 131 Å². The summed E-state index contributed by atoms with van der Waals surface area (Å²) >= 11 is 0. The minimum atomic E-state index is -0.748. The van der Waals surface area contributed by atoms with Crippen LogP contribution in [0, 0.1) is 46.3 Å². The van der Waals surface area contributed by atoms with Gasteiger partial charge in [-0.1, -0.05) is 78.4 Å². The molecule has 0 spiro atoms. The van der Waals surface area contributed by atoms with Crippen molar-refractivity contribution in [2.24, 2.45) is 46.3 Å². The van der Waals surface area contributed by atoms with Gasteiger partial charge in [0.05, 0.1) is 19.3 Å². The van der Waals surface area contributed by atoms with Gasteiger partial charge in [-0.05, 0) is 111 Å².